The molecule has 1 fully saturated rings. The number of hydrogen-bond acceptors (Lipinski definition) is 4. The Labute approximate surface area is 124 Å². The highest BCUT2D eigenvalue weighted by Crippen LogP contribution is 2.13. The van der Waals surface area contributed by atoms with Crippen molar-refractivity contribution in [3.63, 3.8) is 0 Å². The Hall–Kier alpha value is -0.950. The number of amides is 2. The van der Waals surface area contributed by atoms with Gasteiger partial charge in [-0.1, -0.05) is 0 Å². The van der Waals surface area contributed by atoms with Crippen molar-refractivity contribution in [2.75, 3.05) is 39.2 Å². The van der Waals surface area contributed by atoms with E-state index in [0.29, 0.717) is 12.2 Å². The van der Waals surface area contributed by atoms with Crippen molar-refractivity contribution in [2.24, 2.45) is 0 Å². The van der Waals surface area contributed by atoms with Gasteiger partial charge in [-0.05, 0) is 44.9 Å². The van der Waals surface area contributed by atoms with E-state index >= 15 is 0 Å². The number of hydrogen-bond donors (Lipinski definition) is 2. The molecule has 1 saturated heterocycles. The van der Waals surface area contributed by atoms with Crippen molar-refractivity contribution in [3.8, 4) is 0 Å². The minimum absolute atomic E-state index is 0.156. The summed E-state index contributed by atoms with van der Waals surface area (Å²) in [4.78, 5) is 27.1. The van der Waals surface area contributed by atoms with Crippen molar-refractivity contribution in [3.05, 3.63) is 0 Å². The Morgan fingerprint density at radius 1 is 1.55 bits per heavy atom. The van der Waals surface area contributed by atoms with E-state index in [0.717, 1.165) is 25.9 Å². The largest absolute Gasteiger partial charge is 0.480 e. The van der Waals surface area contributed by atoms with Gasteiger partial charge in [0.25, 0.3) is 0 Å². The quantitative estimate of drug-likeness (QED) is 0.763. The summed E-state index contributed by atoms with van der Waals surface area (Å²) in [7, 11) is 3.78. The number of carboxylic acid groups (broad SMARTS) is 1. The molecule has 0 radical (unpaired) electrons. The molecule has 6 nitrogen and oxygen atoms in total. The van der Waals surface area contributed by atoms with Crippen LogP contribution in [-0.2, 0) is 4.79 Å². The third-order valence-electron chi connectivity index (χ3n) is 3.67. The molecule has 2 N–H and O–H groups in total. The molecule has 0 aromatic heterocycles. The van der Waals surface area contributed by atoms with Gasteiger partial charge in [0.2, 0.25) is 0 Å². The van der Waals surface area contributed by atoms with Crippen LogP contribution in [0.2, 0.25) is 0 Å². The van der Waals surface area contributed by atoms with Gasteiger partial charge in [-0.25, -0.2) is 9.59 Å². The molecule has 0 saturated carbocycles. The lowest BCUT2D eigenvalue weighted by molar-refractivity contribution is -0.139. The summed E-state index contributed by atoms with van der Waals surface area (Å²) in [6.45, 7) is 1.89. The lowest BCUT2D eigenvalue weighted by Gasteiger charge is -2.36. The van der Waals surface area contributed by atoms with Crippen molar-refractivity contribution < 1.29 is 14.7 Å². The third kappa shape index (κ3) is 5.20. The summed E-state index contributed by atoms with van der Waals surface area (Å²) in [5.41, 5.74) is 0. The van der Waals surface area contributed by atoms with Gasteiger partial charge >= 0.3 is 12.0 Å². The van der Waals surface area contributed by atoms with Crippen LogP contribution in [0.3, 0.4) is 0 Å². The molecule has 1 aliphatic rings. The number of likely N-dealkylation sites (tertiary alicyclic amines) is 1. The number of nitrogens with zero attached hydrogens (tertiary/aromatic N) is 2. The number of carbonyl (C=O) groups excluding carboxylic acids is 1. The Morgan fingerprint density at radius 2 is 2.25 bits per heavy atom. The second-order valence-electron chi connectivity index (χ2n) is 5.29. The number of urea groups is 1. The van der Waals surface area contributed by atoms with E-state index in [2.05, 4.69) is 10.2 Å². The fraction of sp³-hybridized carbons (Fsp3) is 0.846. The Kier molecular flexibility index (Phi) is 7.15. The topological polar surface area (TPSA) is 72.9 Å². The number of piperidine rings is 1. The van der Waals surface area contributed by atoms with Crippen LogP contribution in [-0.4, -0.2) is 78.2 Å². The van der Waals surface area contributed by atoms with Crippen LogP contribution in [0.1, 0.15) is 19.3 Å². The zero-order valence-electron chi connectivity index (χ0n) is 12.5. The Balaban J connectivity index is 2.52. The molecule has 0 aliphatic carbocycles. The van der Waals surface area contributed by atoms with Crippen molar-refractivity contribution in [1.29, 1.82) is 0 Å². The molecule has 0 aromatic rings. The van der Waals surface area contributed by atoms with Crippen molar-refractivity contribution in [1.82, 2.24) is 15.1 Å². The smallest absolute Gasteiger partial charge is 0.326 e. The maximum atomic E-state index is 12.2. The van der Waals surface area contributed by atoms with Gasteiger partial charge in [-0.15, -0.1) is 0 Å². The van der Waals surface area contributed by atoms with Gasteiger partial charge in [0, 0.05) is 19.6 Å². The predicted molar refractivity (Wildman–Crippen MR) is 81.2 cm³/mol. The van der Waals surface area contributed by atoms with Crippen LogP contribution >= 0.6 is 11.8 Å². The minimum atomic E-state index is -0.971. The number of carboxylic acids is 1. The predicted octanol–water partition coefficient (Wildman–Crippen LogP) is 0.928. The average Bonchev–Trinajstić information content (AvgIpc) is 2.42. The maximum Gasteiger partial charge on any atom is 0.326 e. The van der Waals surface area contributed by atoms with Crippen molar-refractivity contribution >= 4 is 23.8 Å². The number of aliphatic carboxylic acids is 1. The number of rotatable bonds is 6. The monoisotopic (exact) mass is 303 g/mol. The second-order valence-corrected chi connectivity index (χ2v) is 6.28. The first kappa shape index (κ1) is 17.1. The minimum Gasteiger partial charge on any atom is -0.480 e. The standard InChI is InChI=1S/C13H25N3O3S/c1-15-7-4-5-10(9-15)16(2)13(19)14-11(12(17)18)6-8-20-3/h10-11H,4-9H2,1-3H3,(H,14,19)(H,17,18). The van der Waals surface area contributed by atoms with Gasteiger partial charge in [-0.2, -0.15) is 11.8 Å². The van der Waals surface area contributed by atoms with Crippen LogP contribution in [0.15, 0.2) is 0 Å². The highest BCUT2D eigenvalue weighted by molar-refractivity contribution is 7.98. The molecule has 1 heterocycles. The van der Waals surface area contributed by atoms with Crippen molar-refractivity contribution in [2.45, 2.75) is 31.3 Å². The summed E-state index contributed by atoms with van der Waals surface area (Å²) in [5.74, 6) is -0.255. The lowest BCUT2D eigenvalue weighted by atomic mass is 10.1. The summed E-state index contributed by atoms with van der Waals surface area (Å²) < 4.78 is 0. The molecule has 0 aromatic carbocycles. The van der Waals surface area contributed by atoms with Crippen LogP contribution in [0.25, 0.3) is 0 Å². The SMILES string of the molecule is CSCCC(NC(=O)N(C)C1CCCN(C)C1)C(=O)O. The summed E-state index contributed by atoms with van der Waals surface area (Å²) in [6, 6.07) is -0.943. The van der Waals surface area contributed by atoms with Gasteiger partial charge in [-0.3, -0.25) is 0 Å². The fourth-order valence-corrected chi connectivity index (χ4v) is 2.84. The van der Waals surface area contributed by atoms with E-state index < -0.39 is 12.0 Å². The van der Waals surface area contributed by atoms with Gasteiger partial charge in [0.1, 0.15) is 6.04 Å². The second kappa shape index (κ2) is 8.36. The van der Waals surface area contributed by atoms with E-state index in [4.69, 9.17) is 5.11 Å². The molecular weight excluding hydrogens is 278 g/mol. The van der Waals surface area contributed by atoms with E-state index in [1.807, 2.05) is 13.3 Å². The molecule has 20 heavy (non-hydrogen) atoms. The molecular formula is C13H25N3O3S. The van der Waals surface area contributed by atoms with Gasteiger partial charge in [0.15, 0.2) is 0 Å². The summed E-state index contributed by atoms with van der Waals surface area (Å²) in [6.07, 6.45) is 4.40. The number of thioether (sulfide) groups is 1. The van der Waals surface area contributed by atoms with E-state index in [1.165, 1.54) is 0 Å². The number of likely N-dealkylation sites (N-methyl/N-ethyl adjacent to an activating group) is 2. The zero-order valence-corrected chi connectivity index (χ0v) is 13.3. The van der Waals surface area contributed by atoms with E-state index in [1.54, 1.807) is 23.7 Å². The van der Waals surface area contributed by atoms with Gasteiger partial charge in [0.05, 0.1) is 0 Å². The first-order valence-electron chi connectivity index (χ1n) is 6.89. The van der Waals surface area contributed by atoms with Crippen LogP contribution in [0.5, 0.6) is 0 Å². The third-order valence-corrected chi connectivity index (χ3v) is 4.32. The molecule has 0 spiro atoms. The molecule has 1 rings (SSSR count). The zero-order chi connectivity index (χ0) is 15.1. The van der Waals surface area contributed by atoms with Gasteiger partial charge < -0.3 is 20.2 Å². The lowest BCUT2D eigenvalue weighted by Crippen LogP contribution is -2.53. The van der Waals surface area contributed by atoms with Crippen LogP contribution in [0, 0.1) is 0 Å². The Morgan fingerprint density at radius 3 is 2.80 bits per heavy atom. The van der Waals surface area contributed by atoms with E-state index in [-0.39, 0.29) is 12.1 Å². The molecule has 1 aliphatic heterocycles. The first-order chi connectivity index (χ1) is 9.45. The Bertz CT molecular complexity index is 341. The average molecular weight is 303 g/mol. The van der Waals surface area contributed by atoms with Crippen LogP contribution in [0.4, 0.5) is 4.79 Å². The molecule has 116 valence electrons. The highest BCUT2D eigenvalue weighted by Gasteiger charge is 2.27. The van der Waals surface area contributed by atoms with Crippen LogP contribution < -0.4 is 5.32 Å². The molecule has 2 amide bonds. The molecule has 0 bridgehead atoms. The normalized spacial score (nSPS) is 21.2. The fourth-order valence-electron chi connectivity index (χ4n) is 2.37. The number of nitrogens with one attached hydrogen (secondary N) is 1. The molecule has 2 unspecified atom stereocenters. The maximum absolute atomic E-state index is 12.2. The summed E-state index contributed by atoms with van der Waals surface area (Å²) >= 11 is 1.58. The van der Waals surface area contributed by atoms with E-state index in [9.17, 15) is 9.59 Å². The molecule has 7 heteroatoms. The number of carbonyl (C=O) groups is 2. The molecule has 2 atom stereocenters. The summed E-state index contributed by atoms with van der Waals surface area (Å²) in [5, 5.41) is 11.8. The highest BCUT2D eigenvalue weighted by atomic mass is 32.2. The first-order valence-corrected chi connectivity index (χ1v) is 8.28.